The molecule has 13 heteroatoms. The van der Waals surface area contributed by atoms with Gasteiger partial charge in [0.2, 0.25) is 18.0 Å². The van der Waals surface area contributed by atoms with Crippen LogP contribution >= 0.6 is 0 Å². The summed E-state index contributed by atoms with van der Waals surface area (Å²) in [5.41, 5.74) is 9.01. The van der Waals surface area contributed by atoms with Gasteiger partial charge in [0.1, 0.15) is 34.6 Å². The molecule has 3 aromatic carbocycles. The molecular weight excluding hydrogens is 641 g/mol. The molecule has 50 heavy (non-hydrogen) atoms. The number of hydrogen-bond acceptors (Lipinski definition) is 8. The average Bonchev–Trinajstić information content (AvgIpc) is 3.71. The molecule has 0 spiro atoms. The molecule has 2 amide bonds. The third-order valence-electron chi connectivity index (χ3n) is 7.66. The largest absolute Gasteiger partial charge is 0.438 e. The summed E-state index contributed by atoms with van der Waals surface area (Å²) in [5, 5.41) is 7.68. The minimum Gasteiger partial charge on any atom is -0.438 e. The summed E-state index contributed by atoms with van der Waals surface area (Å²) < 4.78 is 29.1. The number of amides is 2. The Balaban J connectivity index is 0.00000139. The van der Waals surface area contributed by atoms with Gasteiger partial charge in [0.25, 0.3) is 11.5 Å². The normalized spacial score (nSPS) is 10.7. The van der Waals surface area contributed by atoms with Crippen molar-refractivity contribution in [3.63, 3.8) is 0 Å². The summed E-state index contributed by atoms with van der Waals surface area (Å²) in [6, 6.07) is 23.4. The summed E-state index contributed by atoms with van der Waals surface area (Å²) in [6.45, 7) is 3.76. The van der Waals surface area contributed by atoms with Crippen molar-refractivity contribution in [1.82, 2.24) is 24.3 Å². The predicted octanol–water partition coefficient (Wildman–Crippen LogP) is 6.34. The molecule has 0 fully saturated rings. The van der Waals surface area contributed by atoms with Gasteiger partial charge in [-0.15, -0.1) is 0 Å². The number of carbonyl (C=O) groups is 2. The molecule has 0 aliphatic heterocycles. The number of nitrogens with two attached hydrogens (primary N) is 1. The summed E-state index contributed by atoms with van der Waals surface area (Å²) >= 11 is 0. The smallest absolute Gasteiger partial charge is 0.268 e. The highest BCUT2D eigenvalue weighted by molar-refractivity contribution is 6.04. The molecule has 12 nitrogen and oxygen atoms in total. The number of furan rings is 1. The molecule has 7 rings (SSSR count). The molecule has 0 aliphatic rings. The van der Waals surface area contributed by atoms with E-state index in [1.54, 1.807) is 48.1 Å². The van der Waals surface area contributed by atoms with Gasteiger partial charge in [-0.2, -0.15) is 5.10 Å². The van der Waals surface area contributed by atoms with Gasteiger partial charge in [-0.25, -0.2) is 14.4 Å². The van der Waals surface area contributed by atoms with E-state index in [1.807, 2.05) is 38.4 Å². The lowest BCUT2D eigenvalue weighted by Gasteiger charge is -2.12. The van der Waals surface area contributed by atoms with Crippen molar-refractivity contribution in [2.75, 3.05) is 5.32 Å². The molecule has 0 unspecified atom stereocenters. The van der Waals surface area contributed by atoms with Crippen molar-refractivity contribution < 1.29 is 23.1 Å². The van der Waals surface area contributed by atoms with Crippen LogP contribution in [0.25, 0.3) is 39.2 Å². The van der Waals surface area contributed by atoms with Gasteiger partial charge in [0, 0.05) is 35.9 Å². The second-order valence-electron chi connectivity index (χ2n) is 11.2. The standard InChI is InChI=1S/C36H27FN6O4.CH3NO/c1-21-5-4-6-23(17-21)30-31-34(38-20-39-35(31)47-32(30)24-18-40-42(3)19-24)46-28-14-10-26(11-15-28)41-33(44)29-16-7-22(2)43(36(29)45)27-12-8-25(37)9-13-27;2-1-3/h4-20H,1-3H3,(H,41,44);1H,(H2,2,3). The number of benzene rings is 3. The van der Waals surface area contributed by atoms with Crippen LogP contribution in [0.15, 0.2) is 113 Å². The topological polar surface area (TPSA) is 160 Å². The van der Waals surface area contributed by atoms with E-state index >= 15 is 0 Å². The molecule has 4 heterocycles. The maximum Gasteiger partial charge on any atom is 0.268 e. The van der Waals surface area contributed by atoms with Crippen LogP contribution in [0, 0.1) is 19.7 Å². The lowest BCUT2D eigenvalue weighted by Crippen LogP contribution is -2.29. The van der Waals surface area contributed by atoms with Crippen molar-refractivity contribution in [3.05, 3.63) is 137 Å². The van der Waals surface area contributed by atoms with E-state index in [1.165, 1.54) is 41.2 Å². The number of ether oxygens (including phenoxy) is 1. The minimum absolute atomic E-state index is 0.0586. The lowest BCUT2D eigenvalue weighted by atomic mass is 9.99. The molecule has 7 aromatic rings. The number of nitrogens with zero attached hydrogens (tertiary/aromatic N) is 5. The van der Waals surface area contributed by atoms with Crippen LogP contribution in [0.5, 0.6) is 11.6 Å². The molecule has 0 radical (unpaired) electrons. The van der Waals surface area contributed by atoms with Crippen molar-refractivity contribution in [1.29, 1.82) is 0 Å². The number of primary amides is 1. The molecule has 0 bridgehead atoms. The first-order valence-electron chi connectivity index (χ1n) is 15.2. The zero-order valence-corrected chi connectivity index (χ0v) is 27.1. The van der Waals surface area contributed by atoms with E-state index in [0.717, 1.165) is 22.3 Å². The van der Waals surface area contributed by atoms with Crippen LogP contribution in [0.2, 0.25) is 0 Å². The summed E-state index contributed by atoms with van der Waals surface area (Å²) in [4.78, 5) is 43.9. The summed E-state index contributed by atoms with van der Waals surface area (Å²) in [7, 11) is 1.84. The number of aryl methyl sites for hydroxylation is 3. The Kier molecular flexibility index (Phi) is 9.30. The molecule has 0 atom stereocenters. The molecule has 0 saturated carbocycles. The molecule has 0 aliphatic carbocycles. The Morgan fingerprint density at radius 1 is 0.980 bits per heavy atom. The first-order chi connectivity index (χ1) is 24.2. The number of rotatable bonds is 7. The van der Waals surface area contributed by atoms with Crippen LogP contribution in [0.1, 0.15) is 21.6 Å². The summed E-state index contributed by atoms with van der Waals surface area (Å²) in [5.74, 6) is 0.341. The fourth-order valence-electron chi connectivity index (χ4n) is 5.43. The molecule has 250 valence electrons. The van der Waals surface area contributed by atoms with Gasteiger partial charge in [0.05, 0.1) is 11.8 Å². The highest BCUT2D eigenvalue weighted by Gasteiger charge is 2.24. The average molecular weight is 672 g/mol. The number of anilines is 1. The van der Waals surface area contributed by atoms with E-state index in [9.17, 15) is 14.0 Å². The van der Waals surface area contributed by atoms with E-state index < -0.39 is 17.3 Å². The first-order valence-corrected chi connectivity index (χ1v) is 15.2. The number of aromatic nitrogens is 5. The van der Waals surface area contributed by atoms with E-state index in [-0.39, 0.29) is 12.0 Å². The van der Waals surface area contributed by atoms with Crippen LogP contribution in [0.3, 0.4) is 0 Å². The highest BCUT2D eigenvalue weighted by atomic mass is 19.1. The van der Waals surface area contributed by atoms with Crippen LogP contribution < -0.4 is 21.3 Å². The number of nitrogens with one attached hydrogen (secondary N) is 1. The number of fused-ring (bicyclic) bond motifs is 1. The van der Waals surface area contributed by atoms with Gasteiger partial charge in [-0.3, -0.25) is 23.6 Å². The maximum absolute atomic E-state index is 13.5. The van der Waals surface area contributed by atoms with Crippen molar-refractivity contribution >= 4 is 29.1 Å². The van der Waals surface area contributed by atoms with Crippen molar-refractivity contribution in [2.45, 2.75) is 13.8 Å². The Morgan fingerprint density at radius 3 is 2.40 bits per heavy atom. The summed E-state index contributed by atoms with van der Waals surface area (Å²) in [6.07, 6.45) is 5.22. The quantitative estimate of drug-likeness (QED) is 0.186. The van der Waals surface area contributed by atoms with Crippen molar-refractivity contribution in [3.8, 4) is 39.8 Å². The third-order valence-corrected chi connectivity index (χ3v) is 7.66. The number of carbonyl (C=O) groups excluding carboxylic acids is 2. The number of halogens is 1. The van der Waals surface area contributed by atoms with Gasteiger partial charge in [-0.05, 0) is 80.1 Å². The molecule has 3 N–H and O–H groups in total. The van der Waals surface area contributed by atoms with Crippen LogP contribution in [-0.2, 0) is 11.8 Å². The van der Waals surface area contributed by atoms with E-state index in [4.69, 9.17) is 13.9 Å². The van der Waals surface area contributed by atoms with E-state index in [0.29, 0.717) is 45.6 Å². The highest BCUT2D eigenvalue weighted by Crippen LogP contribution is 2.44. The molecule has 0 saturated heterocycles. The maximum atomic E-state index is 13.5. The predicted molar refractivity (Wildman–Crippen MR) is 186 cm³/mol. The Bertz CT molecular complexity index is 2400. The minimum atomic E-state index is -0.582. The fourth-order valence-corrected chi connectivity index (χ4v) is 5.43. The van der Waals surface area contributed by atoms with Crippen LogP contribution in [0.4, 0.5) is 10.1 Å². The Morgan fingerprint density at radius 2 is 1.72 bits per heavy atom. The van der Waals surface area contributed by atoms with E-state index in [2.05, 4.69) is 32.2 Å². The zero-order valence-electron chi connectivity index (χ0n) is 27.1. The second-order valence-corrected chi connectivity index (χ2v) is 11.2. The second kappa shape index (κ2) is 14.1. The van der Waals surface area contributed by atoms with Crippen molar-refractivity contribution in [2.24, 2.45) is 12.8 Å². The Labute approximate surface area is 284 Å². The zero-order chi connectivity index (χ0) is 35.4. The number of hydrogen-bond donors (Lipinski definition) is 2. The third kappa shape index (κ3) is 6.73. The number of pyridine rings is 1. The van der Waals surface area contributed by atoms with Gasteiger partial charge >= 0.3 is 0 Å². The van der Waals surface area contributed by atoms with Crippen LogP contribution in [-0.4, -0.2) is 36.6 Å². The monoisotopic (exact) mass is 671 g/mol. The fraction of sp³-hybridized carbons (Fsp3) is 0.0811. The SMILES string of the molecule is Cc1cccc(-c2c(-c3cnn(C)c3)oc3ncnc(Oc4ccc(NC(=O)c5ccc(C)n(-c6ccc(F)cc6)c5=O)cc4)c23)c1.NC=O. The molecular formula is C37H30FN7O5. The lowest BCUT2D eigenvalue weighted by molar-refractivity contribution is -0.106. The first kappa shape index (κ1) is 33.0. The molecule has 4 aromatic heterocycles. The van der Waals surface area contributed by atoms with Gasteiger partial charge in [-0.1, -0.05) is 29.8 Å². The van der Waals surface area contributed by atoms with Gasteiger partial charge in [0.15, 0.2) is 0 Å². The van der Waals surface area contributed by atoms with Gasteiger partial charge < -0.3 is 20.2 Å². The Hall–Kier alpha value is -6.89.